The van der Waals surface area contributed by atoms with Crippen LogP contribution in [0.1, 0.15) is 33.1 Å². The van der Waals surface area contributed by atoms with Gasteiger partial charge in [0.25, 0.3) is 0 Å². The SMILES string of the molecule is CCCCCNC(=O)Nc1cccc(NC(C)=O)c1. The quantitative estimate of drug-likeness (QED) is 0.690. The number of urea groups is 1. The molecule has 1 rings (SSSR count). The first kappa shape index (κ1) is 15.0. The van der Waals surface area contributed by atoms with Crippen LogP contribution in [0, 0.1) is 0 Å². The number of unbranched alkanes of at least 4 members (excludes halogenated alkanes) is 2. The molecule has 0 radical (unpaired) electrons. The van der Waals surface area contributed by atoms with Crippen molar-refractivity contribution in [1.82, 2.24) is 5.32 Å². The topological polar surface area (TPSA) is 70.2 Å². The molecule has 0 unspecified atom stereocenters. The number of hydrogen-bond acceptors (Lipinski definition) is 2. The summed E-state index contributed by atoms with van der Waals surface area (Å²) < 4.78 is 0. The number of carbonyl (C=O) groups excluding carboxylic acids is 2. The van der Waals surface area contributed by atoms with Crippen LogP contribution in [0.15, 0.2) is 24.3 Å². The standard InChI is InChI=1S/C14H21N3O2/c1-3-4-5-9-15-14(19)17-13-8-6-7-12(10-13)16-11(2)18/h6-8,10H,3-5,9H2,1-2H3,(H,16,18)(H2,15,17,19). The summed E-state index contributed by atoms with van der Waals surface area (Å²) >= 11 is 0. The Labute approximate surface area is 113 Å². The van der Waals surface area contributed by atoms with Gasteiger partial charge in [0.15, 0.2) is 0 Å². The van der Waals surface area contributed by atoms with Crippen molar-refractivity contribution in [1.29, 1.82) is 0 Å². The van der Waals surface area contributed by atoms with Gasteiger partial charge in [0.05, 0.1) is 0 Å². The summed E-state index contributed by atoms with van der Waals surface area (Å²) in [5.74, 6) is -0.138. The third kappa shape index (κ3) is 6.45. The molecule has 0 aliphatic carbocycles. The molecule has 1 aromatic carbocycles. The Morgan fingerprint density at radius 2 is 1.79 bits per heavy atom. The lowest BCUT2D eigenvalue weighted by Crippen LogP contribution is -2.29. The highest BCUT2D eigenvalue weighted by Gasteiger charge is 2.02. The van der Waals surface area contributed by atoms with Gasteiger partial charge in [0.1, 0.15) is 0 Å². The summed E-state index contributed by atoms with van der Waals surface area (Å²) in [5.41, 5.74) is 1.32. The van der Waals surface area contributed by atoms with Gasteiger partial charge in [-0.25, -0.2) is 4.79 Å². The van der Waals surface area contributed by atoms with Crippen LogP contribution in [0.25, 0.3) is 0 Å². The van der Waals surface area contributed by atoms with Crippen LogP contribution in [0.3, 0.4) is 0 Å². The average molecular weight is 263 g/mol. The zero-order valence-electron chi connectivity index (χ0n) is 11.5. The van der Waals surface area contributed by atoms with Crippen molar-refractivity contribution in [3.63, 3.8) is 0 Å². The minimum Gasteiger partial charge on any atom is -0.338 e. The molecule has 0 atom stereocenters. The summed E-state index contributed by atoms with van der Waals surface area (Å²) in [4.78, 5) is 22.5. The van der Waals surface area contributed by atoms with Gasteiger partial charge < -0.3 is 16.0 Å². The first-order chi connectivity index (χ1) is 9.11. The highest BCUT2D eigenvalue weighted by atomic mass is 16.2. The highest BCUT2D eigenvalue weighted by molar-refractivity contribution is 5.92. The van der Waals surface area contributed by atoms with Crippen LogP contribution in [0.4, 0.5) is 16.2 Å². The molecule has 3 amide bonds. The van der Waals surface area contributed by atoms with Crippen LogP contribution in [0.5, 0.6) is 0 Å². The van der Waals surface area contributed by atoms with E-state index < -0.39 is 0 Å². The smallest absolute Gasteiger partial charge is 0.319 e. The third-order valence-electron chi connectivity index (χ3n) is 2.51. The zero-order chi connectivity index (χ0) is 14.1. The Hall–Kier alpha value is -2.04. The molecule has 0 saturated heterocycles. The molecule has 5 nitrogen and oxygen atoms in total. The van der Waals surface area contributed by atoms with Crippen molar-refractivity contribution in [3.8, 4) is 0 Å². The van der Waals surface area contributed by atoms with Gasteiger partial charge in [-0.2, -0.15) is 0 Å². The maximum absolute atomic E-state index is 11.6. The molecular formula is C14H21N3O2. The monoisotopic (exact) mass is 263 g/mol. The maximum Gasteiger partial charge on any atom is 0.319 e. The fraction of sp³-hybridized carbons (Fsp3) is 0.429. The van der Waals surface area contributed by atoms with Crippen LogP contribution >= 0.6 is 0 Å². The molecule has 0 aliphatic heterocycles. The lowest BCUT2D eigenvalue weighted by Gasteiger charge is -2.09. The maximum atomic E-state index is 11.6. The van der Waals surface area contributed by atoms with E-state index in [9.17, 15) is 9.59 Å². The zero-order valence-corrected chi connectivity index (χ0v) is 11.5. The van der Waals surface area contributed by atoms with E-state index >= 15 is 0 Å². The number of benzene rings is 1. The molecule has 3 N–H and O–H groups in total. The van der Waals surface area contributed by atoms with Crippen molar-refractivity contribution in [2.45, 2.75) is 33.1 Å². The normalized spacial score (nSPS) is 9.79. The molecular weight excluding hydrogens is 242 g/mol. The number of carbonyl (C=O) groups is 2. The summed E-state index contributed by atoms with van der Waals surface area (Å²) in [6, 6.07) is 6.81. The highest BCUT2D eigenvalue weighted by Crippen LogP contribution is 2.14. The molecule has 0 fully saturated rings. The number of nitrogens with one attached hydrogen (secondary N) is 3. The van der Waals surface area contributed by atoms with E-state index in [0.29, 0.717) is 17.9 Å². The van der Waals surface area contributed by atoms with Gasteiger partial charge in [-0.3, -0.25) is 4.79 Å². The van der Waals surface area contributed by atoms with Gasteiger partial charge in [-0.1, -0.05) is 25.8 Å². The molecule has 0 bridgehead atoms. The van der Waals surface area contributed by atoms with Crippen molar-refractivity contribution < 1.29 is 9.59 Å². The predicted molar refractivity (Wildman–Crippen MR) is 77.3 cm³/mol. The van der Waals surface area contributed by atoms with Crippen LogP contribution in [-0.4, -0.2) is 18.5 Å². The van der Waals surface area contributed by atoms with Crippen LogP contribution in [-0.2, 0) is 4.79 Å². The summed E-state index contributed by atoms with van der Waals surface area (Å²) in [5, 5.41) is 8.19. The lowest BCUT2D eigenvalue weighted by atomic mass is 10.2. The van der Waals surface area contributed by atoms with E-state index in [0.717, 1.165) is 19.3 Å². The fourth-order valence-electron chi connectivity index (χ4n) is 1.63. The molecule has 0 saturated carbocycles. The molecule has 0 spiro atoms. The Balaban J connectivity index is 2.43. The van der Waals surface area contributed by atoms with E-state index in [2.05, 4.69) is 22.9 Å². The third-order valence-corrected chi connectivity index (χ3v) is 2.51. The van der Waals surface area contributed by atoms with Gasteiger partial charge >= 0.3 is 6.03 Å². The van der Waals surface area contributed by atoms with E-state index in [1.54, 1.807) is 24.3 Å². The summed E-state index contributed by atoms with van der Waals surface area (Å²) in [6.07, 6.45) is 3.22. The van der Waals surface area contributed by atoms with E-state index in [1.807, 2.05) is 0 Å². The summed E-state index contributed by atoms with van der Waals surface area (Å²) in [7, 11) is 0. The van der Waals surface area contributed by atoms with Gasteiger partial charge in [0.2, 0.25) is 5.91 Å². The lowest BCUT2D eigenvalue weighted by molar-refractivity contribution is -0.114. The average Bonchev–Trinajstić information content (AvgIpc) is 2.34. The Kier molecular flexibility index (Phi) is 6.43. The van der Waals surface area contributed by atoms with Crippen molar-refractivity contribution in [3.05, 3.63) is 24.3 Å². The van der Waals surface area contributed by atoms with Crippen molar-refractivity contribution in [2.75, 3.05) is 17.2 Å². The van der Waals surface area contributed by atoms with Gasteiger partial charge in [0, 0.05) is 24.8 Å². The van der Waals surface area contributed by atoms with E-state index in [-0.39, 0.29) is 11.9 Å². The molecule has 0 aromatic heterocycles. The van der Waals surface area contributed by atoms with Crippen LogP contribution < -0.4 is 16.0 Å². The Morgan fingerprint density at radius 1 is 1.11 bits per heavy atom. The second kappa shape index (κ2) is 8.13. The second-order valence-corrected chi connectivity index (χ2v) is 4.35. The number of anilines is 2. The molecule has 0 heterocycles. The molecule has 1 aromatic rings. The molecule has 5 heteroatoms. The Bertz CT molecular complexity index is 432. The minimum absolute atomic E-state index is 0.138. The molecule has 19 heavy (non-hydrogen) atoms. The van der Waals surface area contributed by atoms with E-state index in [1.165, 1.54) is 6.92 Å². The fourth-order valence-corrected chi connectivity index (χ4v) is 1.63. The van der Waals surface area contributed by atoms with Crippen molar-refractivity contribution in [2.24, 2.45) is 0 Å². The summed E-state index contributed by atoms with van der Waals surface area (Å²) in [6.45, 7) is 4.24. The van der Waals surface area contributed by atoms with Crippen LogP contribution in [0.2, 0.25) is 0 Å². The number of hydrogen-bond donors (Lipinski definition) is 3. The van der Waals surface area contributed by atoms with Gasteiger partial charge in [-0.15, -0.1) is 0 Å². The largest absolute Gasteiger partial charge is 0.338 e. The first-order valence-corrected chi connectivity index (χ1v) is 6.54. The Morgan fingerprint density at radius 3 is 2.42 bits per heavy atom. The van der Waals surface area contributed by atoms with Gasteiger partial charge in [-0.05, 0) is 24.6 Å². The minimum atomic E-state index is -0.226. The second-order valence-electron chi connectivity index (χ2n) is 4.35. The van der Waals surface area contributed by atoms with E-state index in [4.69, 9.17) is 0 Å². The molecule has 104 valence electrons. The molecule has 0 aliphatic rings. The predicted octanol–water partition coefficient (Wildman–Crippen LogP) is 2.96. The number of amides is 3. The first-order valence-electron chi connectivity index (χ1n) is 6.54. The number of rotatable bonds is 6. The van der Waals surface area contributed by atoms with Crippen molar-refractivity contribution >= 4 is 23.3 Å².